The number of aromatic nitrogens is 3. The molecule has 0 radical (unpaired) electrons. The Morgan fingerprint density at radius 1 is 1.18 bits per heavy atom. The fourth-order valence-electron chi connectivity index (χ4n) is 3.56. The summed E-state index contributed by atoms with van der Waals surface area (Å²) in [6.07, 6.45) is 2.23. The Balaban J connectivity index is 1.77. The number of hydrogen-bond acceptors (Lipinski definition) is 8. The van der Waals surface area contributed by atoms with Gasteiger partial charge in [-0.3, -0.25) is 4.79 Å². The minimum atomic E-state index is -0.257. The Hall–Kier alpha value is -2.68. The summed E-state index contributed by atoms with van der Waals surface area (Å²) in [5.74, 6) is 1.78. The average Bonchev–Trinajstić information content (AvgIpc) is 3.18. The van der Waals surface area contributed by atoms with Crippen molar-refractivity contribution in [2.24, 2.45) is 0 Å². The maximum absolute atomic E-state index is 13.0. The lowest BCUT2D eigenvalue weighted by atomic mass is 9.75. The molecule has 0 aromatic carbocycles. The van der Waals surface area contributed by atoms with Crippen molar-refractivity contribution in [2.75, 3.05) is 41.0 Å². The van der Waals surface area contributed by atoms with Gasteiger partial charge in [0.15, 0.2) is 5.82 Å². The lowest BCUT2D eigenvalue weighted by Gasteiger charge is -2.39. The summed E-state index contributed by atoms with van der Waals surface area (Å²) in [6, 6.07) is 3.34. The van der Waals surface area contributed by atoms with Crippen LogP contribution in [-0.2, 0) is 10.2 Å². The van der Waals surface area contributed by atoms with E-state index in [1.807, 2.05) is 4.90 Å². The van der Waals surface area contributed by atoms with Crippen LogP contribution >= 0.6 is 0 Å². The first-order chi connectivity index (χ1) is 13.5. The molecule has 1 amide bonds. The highest BCUT2D eigenvalue weighted by atomic mass is 16.5. The highest BCUT2D eigenvalue weighted by molar-refractivity contribution is 5.96. The van der Waals surface area contributed by atoms with E-state index in [-0.39, 0.29) is 17.2 Å². The number of pyridine rings is 1. The van der Waals surface area contributed by atoms with E-state index in [9.17, 15) is 4.79 Å². The van der Waals surface area contributed by atoms with E-state index in [0.717, 1.165) is 19.3 Å². The van der Waals surface area contributed by atoms with E-state index in [4.69, 9.17) is 18.7 Å². The van der Waals surface area contributed by atoms with Gasteiger partial charge in [0, 0.05) is 45.2 Å². The van der Waals surface area contributed by atoms with Crippen molar-refractivity contribution in [3.63, 3.8) is 0 Å². The summed E-state index contributed by atoms with van der Waals surface area (Å²) < 4.78 is 20.9. The Morgan fingerprint density at radius 3 is 2.50 bits per heavy atom. The number of amides is 1. The maximum Gasteiger partial charge on any atom is 0.259 e. The third-order valence-corrected chi connectivity index (χ3v) is 5.26. The molecule has 1 fully saturated rings. The van der Waals surface area contributed by atoms with Crippen LogP contribution in [0.2, 0.25) is 0 Å². The van der Waals surface area contributed by atoms with Gasteiger partial charge in [-0.2, -0.15) is 9.97 Å². The molecule has 9 nitrogen and oxygen atoms in total. The Bertz CT molecular complexity index is 814. The Morgan fingerprint density at radius 2 is 1.93 bits per heavy atom. The second-order valence-corrected chi connectivity index (χ2v) is 6.86. The fraction of sp³-hybridized carbons (Fsp3) is 0.579. The average molecular weight is 390 g/mol. The minimum Gasteiger partial charge on any atom is -0.481 e. The smallest absolute Gasteiger partial charge is 0.259 e. The SMILES string of the molecule is COCCC1(c2noc(C)n2)CCN(C(=O)c2ccc(OC)nc2OC)CC1. The van der Waals surface area contributed by atoms with Crippen LogP contribution < -0.4 is 9.47 Å². The molecule has 0 atom stereocenters. The molecule has 1 saturated heterocycles. The van der Waals surface area contributed by atoms with Crippen molar-refractivity contribution in [2.45, 2.75) is 31.6 Å². The number of aryl methyl sites for hydroxylation is 1. The molecule has 152 valence electrons. The molecule has 1 aliphatic heterocycles. The van der Waals surface area contributed by atoms with Crippen LogP contribution in [0, 0.1) is 6.92 Å². The van der Waals surface area contributed by atoms with Gasteiger partial charge >= 0.3 is 0 Å². The highest BCUT2D eigenvalue weighted by Gasteiger charge is 2.41. The lowest BCUT2D eigenvalue weighted by Crippen LogP contribution is -2.46. The molecule has 9 heteroatoms. The van der Waals surface area contributed by atoms with E-state index in [2.05, 4.69) is 15.1 Å². The number of hydrogen-bond donors (Lipinski definition) is 0. The van der Waals surface area contributed by atoms with Gasteiger partial charge in [0.05, 0.1) is 14.2 Å². The third kappa shape index (κ3) is 3.94. The number of methoxy groups -OCH3 is 3. The fourth-order valence-corrected chi connectivity index (χ4v) is 3.56. The molecular formula is C19H26N4O5. The molecular weight excluding hydrogens is 364 g/mol. The van der Waals surface area contributed by atoms with Crippen molar-refractivity contribution in [3.05, 3.63) is 29.4 Å². The summed E-state index contributed by atoms with van der Waals surface area (Å²) in [4.78, 5) is 23.5. The summed E-state index contributed by atoms with van der Waals surface area (Å²) in [5.41, 5.74) is 0.162. The summed E-state index contributed by atoms with van der Waals surface area (Å²) in [6.45, 7) is 3.52. The lowest BCUT2D eigenvalue weighted by molar-refractivity contribution is 0.0612. The summed E-state index contributed by atoms with van der Waals surface area (Å²) in [5, 5.41) is 4.15. The third-order valence-electron chi connectivity index (χ3n) is 5.26. The first-order valence-electron chi connectivity index (χ1n) is 9.21. The van der Waals surface area contributed by atoms with Crippen LogP contribution in [0.3, 0.4) is 0 Å². The largest absolute Gasteiger partial charge is 0.481 e. The van der Waals surface area contributed by atoms with E-state index in [1.165, 1.54) is 14.2 Å². The summed E-state index contributed by atoms with van der Waals surface area (Å²) >= 11 is 0. The number of likely N-dealkylation sites (tertiary alicyclic amines) is 1. The van der Waals surface area contributed by atoms with Crippen molar-refractivity contribution in [1.82, 2.24) is 20.0 Å². The maximum atomic E-state index is 13.0. The van der Waals surface area contributed by atoms with Crippen LogP contribution in [0.1, 0.15) is 41.3 Å². The molecule has 0 bridgehead atoms. The first-order valence-corrected chi connectivity index (χ1v) is 9.21. The van der Waals surface area contributed by atoms with E-state index >= 15 is 0 Å². The zero-order valence-electron chi connectivity index (χ0n) is 16.7. The molecule has 28 heavy (non-hydrogen) atoms. The quantitative estimate of drug-likeness (QED) is 0.708. The van der Waals surface area contributed by atoms with Gasteiger partial charge in [-0.1, -0.05) is 5.16 Å². The standard InChI is InChI=1S/C19H26N4O5/c1-13-20-18(22-28-13)19(9-12-25-2)7-10-23(11-8-19)17(24)14-5-6-15(26-3)21-16(14)27-4/h5-6H,7-12H2,1-4H3. The second-order valence-electron chi connectivity index (χ2n) is 6.86. The molecule has 0 aliphatic carbocycles. The monoisotopic (exact) mass is 390 g/mol. The van der Waals surface area contributed by atoms with E-state index < -0.39 is 0 Å². The molecule has 3 rings (SSSR count). The molecule has 1 aliphatic rings. The van der Waals surface area contributed by atoms with Crippen molar-refractivity contribution in [3.8, 4) is 11.8 Å². The van der Waals surface area contributed by atoms with Gasteiger partial charge in [-0.25, -0.2) is 0 Å². The minimum absolute atomic E-state index is 0.114. The van der Waals surface area contributed by atoms with Crippen LogP contribution in [0.4, 0.5) is 0 Å². The molecule has 2 aromatic heterocycles. The Kier molecular flexibility index (Phi) is 6.13. The topological polar surface area (TPSA) is 99.8 Å². The number of nitrogens with zero attached hydrogens (tertiary/aromatic N) is 4. The predicted molar refractivity (Wildman–Crippen MR) is 99.7 cm³/mol. The van der Waals surface area contributed by atoms with Crippen molar-refractivity contribution in [1.29, 1.82) is 0 Å². The number of piperidine rings is 1. The number of rotatable bonds is 7. The van der Waals surface area contributed by atoms with E-state index in [0.29, 0.717) is 42.9 Å². The van der Waals surface area contributed by atoms with Gasteiger partial charge < -0.3 is 23.6 Å². The summed E-state index contributed by atoms with van der Waals surface area (Å²) in [7, 11) is 4.69. The number of carbonyl (C=O) groups excluding carboxylic acids is 1. The van der Waals surface area contributed by atoms with Gasteiger partial charge in [0.25, 0.3) is 5.91 Å². The van der Waals surface area contributed by atoms with Crippen LogP contribution in [-0.4, -0.2) is 67.0 Å². The van der Waals surface area contributed by atoms with Crippen molar-refractivity contribution < 1.29 is 23.5 Å². The van der Waals surface area contributed by atoms with Gasteiger partial charge in [-0.15, -0.1) is 0 Å². The molecule has 0 spiro atoms. The second kappa shape index (κ2) is 8.55. The first kappa shape index (κ1) is 20.1. The molecule has 0 unspecified atom stereocenters. The zero-order chi connectivity index (χ0) is 20.1. The van der Waals surface area contributed by atoms with Gasteiger partial charge in [0.2, 0.25) is 17.7 Å². The molecule has 2 aromatic rings. The highest BCUT2D eigenvalue weighted by Crippen LogP contribution is 2.38. The zero-order valence-corrected chi connectivity index (χ0v) is 16.7. The van der Waals surface area contributed by atoms with Crippen LogP contribution in [0.5, 0.6) is 11.8 Å². The number of ether oxygens (including phenoxy) is 3. The van der Waals surface area contributed by atoms with Gasteiger partial charge in [0.1, 0.15) is 5.56 Å². The molecule has 0 N–H and O–H groups in total. The normalized spacial score (nSPS) is 16.1. The molecule has 3 heterocycles. The molecule has 0 saturated carbocycles. The Labute approximate surface area is 164 Å². The van der Waals surface area contributed by atoms with Crippen molar-refractivity contribution >= 4 is 5.91 Å². The van der Waals surface area contributed by atoms with Crippen LogP contribution in [0.15, 0.2) is 16.7 Å². The van der Waals surface area contributed by atoms with Gasteiger partial charge in [-0.05, 0) is 25.3 Å². The van der Waals surface area contributed by atoms with E-state index in [1.54, 1.807) is 26.2 Å². The predicted octanol–water partition coefficient (Wildman–Crippen LogP) is 2.00. The van der Waals surface area contributed by atoms with Crippen LogP contribution in [0.25, 0.3) is 0 Å². The number of carbonyl (C=O) groups is 1.